The molecule has 0 aliphatic rings. The lowest BCUT2D eigenvalue weighted by atomic mass is 10.2. The molecule has 0 atom stereocenters. The van der Waals surface area contributed by atoms with Gasteiger partial charge in [0.05, 0.1) is 29.1 Å². The van der Waals surface area contributed by atoms with Crippen molar-refractivity contribution in [3.05, 3.63) is 44.9 Å². The molecule has 2 rings (SSSR count). The van der Waals surface area contributed by atoms with Crippen molar-refractivity contribution in [1.29, 1.82) is 5.26 Å². The molecule has 2 N–H and O–H groups in total. The van der Waals surface area contributed by atoms with Crippen LogP contribution in [0.1, 0.15) is 16.1 Å². The van der Waals surface area contributed by atoms with Gasteiger partial charge in [-0.1, -0.05) is 11.6 Å². The summed E-state index contributed by atoms with van der Waals surface area (Å²) in [6, 6.07) is 4.75. The van der Waals surface area contributed by atoms with Crippen LogP contribution in [0.25, 0.3) is 5.69 Å². The predicted octanol–water partition coefficient (Wildman–Crippen LogP) is 3.27. The predicted molar refractivity (Wildman–Crippen MR) is 78.9 cm³/mol. The zero-order valence-corrected chi connectivity index (χ0v) is 13.0. The Bertz CT molecular complexity index is 783. The molecule has 21 heavy (non-hydrogen) atoms. The summed E-state index contributed by atoms with van der Waals surface area (Å²) in [5, 5.41) is 8.86. The van der Waals surface area contributed by atoms with Crippen LogP contribution >= 0.6 is 27.5 Å². The average molecular weight is 373 g/mol. The highest BCUT2D eigenvalue weighted by Gasteiger charge is 2.24. The molecule has 0 saturated heterocycles. The molecule has 0 aliphatic heterocycles. The molecule has 1 aromatic heterocycles. The Balaban J connectivity index is 2.79. The van der Waals surface area contributed by atoms with E-state index in [4.69, 9.17) is 22.6 Å². The maximum atomic E-state index is 14.3. The van der Waals surface area contributed by atoms with Gasteiger partial charge < -0.3 is 15.0 Å². The van der Waals surface area contributed by atoms with Crippen molar-refractivity contribution in [2.75, 3.05) is 12.8 Å². The van der Waals surface area contributed by atoms with Gasteiger partial charge in [0.2, 0.25) is 0 Å². The number of halogens is 3. The third kappa shape index (κ3) is 2.48. The van der Waals surface area contributed by atoms with Gasteiger partial charge in [-0.2, -0.15) is 5.26 Å². The normalized spacial score (nSPS) is 10.2. The first kappa shape index (κ1) is 15.4. The molecule has 0 unspecified atom stereocenters. The van der Waals surface area contributed by atoms with Crippen LogP contribution in [0.15, 0.2) is 22.8 Å². The second-order valence-corrected chi connectivity index (χ2v) is 5.21. The second-order valence-electron chi connectivity index (χ2n) is 3.97. The van der Waals surface area contributed by atoms with E-state index in [1.165, 1.54) is 18.3 Å². The number of nitrogen functional groups attached to an aromatic ring is 1. The fraction of sp³-hybridized carbons (Fsp3) is 0.0769. The van der Waals surface area contributed by atoms with Crippen molar-refractivity contribution >= 4 is 39.2 Å². The number of esters is 1. The number of carbonyl (C=O) groups is 1. The maximum Gasteiger partial charge on any atom is 0.357 e. The molecule has 0 saturated carbocycles. The summed E-state index contributed by atoms with van der Waals surface area (Å²) in [5.41, 5.74) is 5.54. The molecule has 0 bridgehead atoms. The van der Waals surface area contributed by atoms with E-state index in [0.717, 1.165) is 11.7 Å². The Morgan fingerprint density at radius 3 is 2.81 bits per heavy atom. The zero-order valence-electron chi connectivity index (χ0n) is 10.7. The minimum Gasteiger partial charge on any atom is -0.464 e. The van der Waals surface area contributed by atoms with E-state index in [0.29, 0.717) is 4.47 Å². The fourth-order valence-electron chi connectivity index (χ4n) is 1.81. The highest BCUT2D eigenvalue weighted by Crippen LogP contribution is 2.32. The van der Waals surface area contributed by atoms with Crippen molar-refractivity contribution in [2.45, 2.75) is 0 Å². The molecule has 108 valence electrons. The Kier molecular flexibility index (Phi) is 4.21. The lowest BCUT2D eigenvalue weighted by molar-refractivity contribution is 0.0593. The lowest BCUT2D eigenvalue weighted by Gasteiger charge is -2.11. The maximum absolute atomic E-state index is 14.3. The first-order chi connectivity index (χ1) is 9.92. The Labute approximate surface area is 132 Å². The lowest BCUT2D eigenvalue weighted by Crippen LogP contribution is -2.12. The highest BCUT2D eigenvalue weighted by molar-refractivity contribution is 9.10. The average Bonchev–Trinajstić information content (AvgIpc) is 2.80. The number of anilines is 1. The minimum absolute atomic E-state index is 0.0169. The number of methoxy groups -OCH3 is 1. The molecule has 0 amide bonds. The monoisotopic (exact) mass is 371 g/mol. The summed E-state index contributed by atoms with van der Waals surface area (Å²) in [5.74, 6) is -1.54. The number of aromatic nitrogens is 1. The Morgan fingerprint density at radius 2 is 2.24 bits per heavy atom. The van der Waals surface area contributed by atoms with Gasteiger partial charge in [-0.15, -0.1) is 0 Å². The van der Waals surface area contributed by atoms with Gasteiger partial charge >= 0.3 is 5.97 Å². The molecule has 5 nitrogen and oxygen atoms in total. The number of nitrogens with zero attached hydrogens (tertiary/aromatic N) is 2. The number of benzene rings is 1. The molecule has 0 aliphatic carbocycles. The number of hydrogen-bond donors (Lipinski definition) is 1. The summed E-state index contributed by atoms with van der Waals surface area (Å²) in [6.45, 7) is 0. The number of nitrogens with two attached hydrogens (primary N) is 1. The van der Waals surface area contributed by atoms with Crippen LogP contribution in [0.3, 0.4) is 0 Å². The Hall–Kier alpha value is -2.04. The molecular weight excluding hydrogens is 365 g/mol. The quantitative estimate of drug-likeness (QED) is 0.648. The van der Waals surface area contributed by atoms with E-state index in [1.807, 2.05) is 6.07 Å². The number of rotatable bonds is 2. The highest BCUT2D eigenvalue weighted by atomic mass is 79.9. The van der Waals surface area contributed by atoms with E-state index < -0.39 is 11.8 Å². The van der Waals surface area contributed by atoms with Crippen molar-refractivity contribution in [3.8, 4) is 11.8 Å². The number of hydrogen-bond acceptors (Lipinski definition) is 4. The largest absolute Gasteiger partial charge is 0.464 e. The van der Waals surface area contributed by atoms with Crippen LogP contribution in [-0.4, -0.2) is 17.6 Å². The first-order valence-electron chi connectivity index (χ1n) is 5.55. The molecule has 8 heteroatoms. The molecule has 0 radical (unpaired) electrons. The smallest absolute Gasteiger partial charge is 0.357 e. The second kappa shape index (κ2) is 5.76. The summed E-state index contributed by atoms with van der Waals surface area (Å²) in [7, 11) is 1.16. The van der Waals surface area contributed by atoms with E-state index in [2.05, 4.69) is 20.7 Å². The molecule has 0 spiro atoms. The van der Waals surface area contributed by atoms with Gasteiger partial charge in [0.25, 0.3) is 0 Å². The van der Waals surface area contributed by atoms with Crippen LogP contribution in [0.2, 0.25) is 5.02 Å². The van der Waals surface area contributed by atoms with Crippen molar-refractivity contribution in [3.63, 3.8) is 0 Å². The van der Waals surface area contributed by atoms with E-state index in [-0.39, 0.29) is 27.7 Å². The van der Waals surface area contributed by atoms with E-state index in [9.17, 15) is 9.18 Å². The van der Waals surface area contributed by atoms with Crippen LogP contribution < -0.4 is 5.73 Å². The van der Waals surface area contributed by atoms with Crippen molar-refractivity contribution < 1.29 is 13.9 Å². The van der Waals surface area contributed by atoms with Crippen LogP contribution in [0.5, 0.6) is 0 Å². The van der Waals surface area contributed by atoms with Gasteiger partial charge in [0, 0.05) is 10.7 Å². The zero-order chi connectivity index (χ0) is 15.7. The first-order valence-corrected chi connectivity index (χ1v) is 6.72. The van der Waals surface area contributed by atoms with Crippen molar-refractivity contribution in [1.82, 2.24) is 4.57 Å². The van der Waals surface area contributed by atoms with E-state index in [1.54, 1.807) is 0 Å². The molecule has 2 aromatic rings. The van der Waals surface area contributed by atoms with Gasteiger partial charge in [-0.3, -0.25) is 0 Å². The Morgan fingerprint density at radius 1 is 1.57 bits per heavy atom. The third-order valence-corrected chi connectivity index (χ3v) is 4.08. The van der Waals surface area contributed by atoms with Gasteiger partial charge in [0.15, 0.2) is 11.5 Å². The topological polar surface area (TPSA) is 81.0 Å². The molecular formula is C13H8BrClFN3O2. The summed E-state index contributed by atoms with van der Waals surface area (Å²) in [6.07, 6.45) is 1.25. The third-order valence-electron chi connectivity index (χ3n) is 2.82. The van der Waals surface area contributed by atoms with E-state index >= 15 is 0 Å². The van der Waals surface area contributed by atoms with Gasteiger partial charge in [0.1, 0.15) is 6.07 Å². The number of ether oxygens (including phenoxy) is 1. The SMILES string of the molecule is COC(=O)c1c(N)c(C#N)cn1-c1ccc(Br)c(Cl)c1F. The standard InChI is InChI=1S/C13H8BrClFN3O2/c1-21-13(20)12-11(18)6(4-17)5-19(12)8-3-2-7(14)9(15)10(8)16/h2-3,5H,18H2,1H3. The van der Waals surface area contributed by atoms with Crippen LogP contribution in [0, 0.1) is 17.1 Å². The number of nitriles is 1. The molecule has 1 aromatic carbocycles. The van der Waals surface area contributed by atoms with Crippen LogP contribution in [-0.2, 0) is 4.74 Å². The fourth-order valence-corrected chi connectivity index (χ4v) is 2.27. The molecule has 0 fully saturated rings. The van der Waals surface area contributed by atoms with Gasteiger partial charge in [-0.25, -0.2) is 9.18 Å². The van der Waals surface area contributed by atoms with Crippen molar-refractivity contribution in [2.24, 2.45) is 0 Å². The minimum atomic E-state index is -0.785. The number of carbonyl (C=O) groups excluding carboxylic acids is 1. The summed E-state index contributed by atoms with van der Waals surface area (Å²) in [4.78, 5) is 11.8. The summed E-state index contributed by atoms with van der Waals surface area (Å²) < 4.78 is 20.4. The van der Waals surface area contributed by atoms with Gasteiger partial charge in [-0.05, 0) is 28.1 Å². The molecule has 1 heterocycles. The summed E-state index contributed by atoms with van der Waals surface area (Å²) >= 11 is 8.93. The van der Waals surface area contributed by atoms with Crippen LogP contribution in [0.4, 0.5) is 10.1 Å².